The fourth-order valence-electron chi connectivity index (χ4n) is 1.70. The van der Waals surface area contributed by atoms with Gasteiger partial charge in [-0.25, -0.2) is 0 Å². The van der Waals surface area contributed by atoms with Crippen LogP contribution in [0.25, 0.3) is 0 Å². The number of nitrogens with zero attached hydrogens (tertiary/aromatic N) is 1. The summed E-state index contributed by atoms with van der Waals surface area (Å²) in [5, 5.41) is 9.72. The monoisotopic (exact) mass is 245 g/mol. The Kier molecular flexibility index (Phi) is 9.09. The molecule has 0 rings (SSSR count). The van der Waals surface area contributed by atoms with Gasteiger partial charge in [0.05, 0.1) is 13.2 Å². The first-order valence-electron chi connectivity index (χ1n) is 6.39. The molecule has 1 N–H and O–H groups in total. The predicted molar refractivity (Wildman–Crippen MR) is 68.8 cm³/mol. The maximum absolute atomic E-state index is 10.9. The first kappa shape index (κ1) is 16.4. The molecule has 0 aliphatic rings. The van der Waals surface area contributed by atoms with E-state index >= 15 is 0 Å². The summed E-state index contributed by atoms with van der Waals surface area (Å²) in [6, 6.07) is 0. The molecule has 4 heteroatoms. The number of esters is 1. The molecular formula is C13H27NO3. The van der Waals surface area contributed by atoms with E-state index in [1.165, 1.54) is 13.5 Å². The van der Waals surface area contributed by atoms with Crippen LogP contribution in [0.1, 0.15) is 39.5 Å². The Balaban J connectivity index is 3.58. The minimum Gasteiger partial charge on any atom is -0.469 e. The molecule has 1 unspecified atom stereocenters. The fourth-order valence-corrected chi connectivity index (χ4v) is 1.70. The van der Waals surface area contributed by atoms with Gasteiger partial charge in [0.15, 0.2) is 0 Å². The summed E-state index contributed by atoms with van der Waals surface area (Å²) in [5.74, 6) is 0.471. The molecule has 0 aromatic rings. The van der Waals surface area contributed by atoms with Crippen molar-refractivity contribution in [1.29, 1.82) is 0 Å². The van der Waals surface area contributed by atoms with Crippen molar-refractivity contribution in [3.05, 3.63) is 0 Å². The van der Waals surface area contributed by atoms with Crippen LogP contribution in [0, 0.1) is 5.92 Å². The molecule has 0 bridgehead atoms. The molecule has 0 aliphatic carbocycles. The van der Waals surface area contributed by atoms with Crippen LogP contribution in [0.15, 0.2) is 0 Å². The Labute approximate surface area is 105 Å². The highest BCUT2D eigenvalue weighted by molar-refractivity contribution is 5.69. The van der Waals surface area contributed by atoms with Crippen LogP contribution in [0.5, 0.6) is 0 Å². The SMILES string of the molecule is COC(=O)CCC(O)CN(C)CCCC(C)C. The Bertz CT molecular complexity index is 207. The molecule has 0 fully saturated rings. The van der Waals surface area contributed by atoms with Gasteiger partial charge in [0.2, 0.25) is 0 Å². The molecule has 0 heterocycles. The molecule has 0 aromatic heterocycles. The molecule has 0 aromatic carbocycles. The lowest BCUT2D eigenvalue weighted by molar-refractivity contribution is -0.141. The zero-order valence-corrected chi connectivity index (χ0v) is 11.6. The first-order valence-corrected chi connectivity index (χ1v) is 6.39. The number of hydrogen-bond acceptors (Lipinski definition) is 4. The molecular weight excluding hydrogens is 218 g/mol. The van der Waals surface area contributed by atoms with Gasteiger partial charge in [-0.2, -0.15) is 0 Å². The third kappa shape index (κ3) is 10.3. The number of ether oxygens (including phenoxy) is 1. The second-order valence-electron chi connectivity index (χ2n) is 5.07. The third-order valence-electron chi connectivity index (χ3n) is 2.75. The molecule has 0 radical (unpaired) electrons. The van der Waals surface area contributed by atoms with E-state index in [1.54, 1.807) is 0 Å². The molecule has 0 saturated heterocycles. The number of carbonyl (C=O) groups is 1. The number of hydrogen-bond donors (Lipinski definition) is 1. The van der Waals surface area contributed by atoms with Gasteiger partial charge in [0.1, 0.15) is 0 Å². The molecule has 1 atom stereocenters. The van der Waals surface area contributed by atoms with Crippen LogP contribution in [-0.2, 0) is 9.53 Å². The van der Waals surface area contributed by atoms with Crippen LogP contribution in [0.3, 0.4) is 0 Å². The average Bonchev–Trinajstić information content (AvgIpc) is 2.25. The first-order chi connectivity index (χ1) is 7.95. The van der Waals surface area contributed by atoms with Gasteiger partial charge in [-0.15, -0.1) is 0 Å². The summed E-state index contributed by atoms with van der Waals surface area (Å²) in [6.45, 7) is 6.04. The van der Waals surface area contributed by atoms with Crippen molar-refractivity contribution < 1.29 is 14.6 Å². The average molecular weight is 245 g/mol. The summed E-state index contributed by atoms with van der Waals surface area (Å²) in [6.07, 6.45) is 2.68. The number of methoxy groups -OCH3 is 1. The van der Waals surface area contributed by atoms with Gasteiger partial charge in [0.25, 0.3) is 0 Å². The van der Waals surface area contributed by atoms with Crippen molar-refractivity contribution >= 4 is 5.97 Å². The Hall–Kier alpha value is -0.610. The minimum atomic E-state index is -0.446. The van der Waals surface area contributed by atoms with Crippen molar-refractivity contribution in [2.45, 2.75) is 45.6 Å². The molecule has 0 amide bonds. The summed E-state index contributed by atoms with van der Waals surface area (Å²) >= 11 is 0. The maximum atomic E-state index is 10.9. The van der Waals surface area contributed by atoms with E-state index in [2.05, 4.69) is 23.5 Å². The van der Waals surface area contributed by atoms with Crippen LogP contribution in [-0.4, -0.2) is 49.3 Å². The molecule has 0 aliphatic heterocycles. The zero-order valence-electron chi connectivity index (χ0n) is 11.6. The maximum Gasteiger partial charge on any atom is 0.305 e. The predicted octanol–water partition coefficient (Wildman–Crippen LogP) is 1.67. The van der Waals surface area contributed by atoms with E-state index in [9.17, 15) is 9.90 Å². The second-order valence-corrected chi connectivity index (χ2v) is 5.07. The van der Waals surface area contributed by atoms with Crippen molar-refractivity contribution in [2.24, 2.45) is 5.92 Å². The lowest BCUT2D eigenvalue weighted by Crippen LogP contribution is -2.30. The number of likely N-dealkylation sites (N-methyl/N-ethyl adjacent to an activating group) is 1. The highest BCUT2D eigenvalue weighted by atomic mass is 16.5. The quantitative estimate of drug-likeness (QED) is 0.628. The summed E-state index contributed by atoms with van der Waals surface area (Å²) in [4.78, 5) is 13.0. The lowest BCUT2D eigenvalue weighted by atomic mass is 10.1. The van der Waals surface area contributed by atoms with Gasteiger partial charge in [0, 0.05) is 13.0 Å². The van der Waals surface area contributed by atoms with Crippen molar-refractivity contribution in [3.8, 4) is 0 Å². The van der Waals surface area contributed by atoms with Gasteiger partial charge in [-0.3, -0.25) is 4.79 Å². The van der Waals surface area contributed by atoms with E-state index < -0.39 is 6.10 Å². The Morgan fingerprint density at radius 1 is 1.35 bits per heavy atom. The van der Waals surface area contributed by atoms with Crippen LogP contribution >= 0.6 is 0 Å². The van der Waals surface area contributed by atoms with Gasteiger partial charge in [-0.05, 0) is 38.8 Å². The van der Waals surface area contributed by atoms with E-state index in [0.717, 1.165) is 18.9 Å². The Morgan fingerprint density at radius 3 is 2.53 bits per heavy atom. The van der Waals surface area contributed by atoms with Crippen molar-refractivity contribution in [1.82, 2.24) is 4.90 Å². The van der Waals surface area contributed by atoms with E-state index in [4.69, 9.17) is 0 Å². The largest absolute Gasteiger partial charge is 0.469 e. The van der Waals surface area contributed by atoms with E-state index in [0.29, 0.717) is 13.0 Å². The number of rotatable bonds is 9. The van der Waals surface area contributed by atoms with E-state index in [1.807, 2.05) is 7.05 Å². The zero-order chi connectivity index (χ0) is 13.3. The highest BCUT2D eigenvalue weighted by Gasteiger charge is 2.10. The molecule has 102 valence electrons. The summed E-state index contributed by atoms with van der Waals surface area (Å²) < 4.78 is 4.53. The van der Waals surface area contributed by atoms with Crippen LogP contribution in [0.2, 0.25) is 0 Å². The van der Waals surface area contributed by atoms with Crippen LogP contribution < -0.4 is 0 Å². The lowest BCUT2D eigenvalue weighted by Gasteiger charge is -2.20. The van der Waals surface area contributed by atoms with Gasteiger partial charge >= 0.3 is 5.97 Å². The Morgan fingerprint density at radius 2 is 2.00 bits per heavy atom. The molecule has 17 heavy (non-hydrogen) atoms. The van der Waals surface area contributed by atoms with Gasteiger partial charge < -0.3 is 14.7 Å². The smallest absolute Gasteiger partial charge is 0.305 e. The standard InChI is InChI=1S/C13H27NO3/c1-11(2)6-5-9-14(3)10-12(15)7-8-13(16)17-4/h11-12,15H,5-10H2,1-4H3. The summed E-state index contributed by atoms with van der Waals surface area (Å²) in [5.41, 5.74) is 0. The summed E-state index contributed by atoms with van der Waals surface area (Å²) in [7, 11) is 3.37. The topological polar surface area (TPSA) is 49.8 Å². The number of carbonyl (C=O) groups excluding carboxylic acids is 1. The normalized spacial score (nSPS) is 13.1. The second kappa shape index (κ2) is 9.42. The van der Waals surface area contributed by atoms with Crippen LogP contribution in [0.4, 0.5) is 0 Å². The fraction of sp³-hybridized carbons (Fsp3) is 0.923. The molecule has 4 nitrogen and oxygen atoms in total. The van der Waals surface area contributed by atoms with Crippen molar-refractivity contribution in [3.63, 3.8) is 0 Å². The molecule has 0 spiro atoms. The van der Waals surface area contributed by atoms with Gasteiger partial charge in [-0.1, -0.05) is 13.8 Å². The third-order valence-corrected chi connectivity index (χ3v) is 2.75. The van der Waals surface area contributed by atoms with Crippen molar-refractivity contribution in [2.75, 3.05) is 27.2 Å². The minimum absolute atomic E-state index is 0.258. The van der Waals surface area contributed by atoms with E-state index in [-0.39, 0.29) is 12.4 Å². The molecule has 0 saturated carbocycles. The number of aliphatic hydroxyl groups is 1. The highest BCUT2D eigenvalue weighted by Crippen LogP contribution is 2.05. The number of aliphatic hydroxyl groups excluding tert-OH is 1.